The first-order chi connectivity index (χ1) is 8.47. The van der Waals surface area contributed by atoms with E-state index < -0.39 is 29.2 Å². The lowest BCUT2D eigenvalue weighted by Crippen LogP contribution is -2.32. The number of rotatable bonds is 3. The Morgan fingerprint density at radius 3 is 2.33 bits per heavy atom. The molecule has 98 valence electrons. The Kier molecular flexibility index (Phi) is 3.32. The maximum absolute atomic E-state index is 13.5. The van der Waals surface area contributed by atoms with Gasteiger partial charge in [-0.25, -0.2) is 13.2 Å². The number of carboxylic acid groups (broad SMARTS) is 1. The molecule has 1 fully saturated rings. The highest BCUT2D eigenvalue weighted by molar-refractivity contribution is 5.81. The van der Waals surface area contributed by atoms with Gasteiger partial charge in [0.05, 0.1) is 11.0 Å². The molecule has 2 nitrogen and oxygen atoms in total. The highest BCUT2D eigenvalue weighted by Crippen LogP contribution is 2.42. The third-order valence-electron chi connectivity index (χ3n) is 3.65. The molecule has 0 amide bonds. The number of alkyl halides is 2. The van der Waals surface area contributed by atoms with Gasteiger partial charge in [-0.3, -0.25) is 4.79 Å². The van der Waals surface area contributed by atoms with Crippen molar-refractivity contribution in [1.82, 2.24) is 0 Å². The SMILES string of the molecule is O=C(O)C1(c2ccc(C(F)F)c(F)c2)CCCC1. The van der Waals surface area contributed by atoms with E-state index in [2.05, 4.69) is 0 Å². The minimum Gasteiger partial charge on any atom is -0.481 e. The average molecular weight is 258 g/mol. The molecule has 0 aliphatic heterocycles. The van der Waals surface area contributed by atoms with Crippen LogP contribution in [-0.2, 0) is 10.2 Å². The predicted octanol–water partition coefficient (Wildman–Crippen LogP) is 3.66. The minimum atomic E-state index is -2.89. The van der Waals surface area contributed by atoms with Crippen molar-refractivity contribution in [2.75, 3.05) is 0 Å². The van der Waals surface area contributed by atoms with Gasteiger partial charge < -0.3 is 5.11 Å². The Balaban J connectivity index is 2.44. The normalized spacial score (nSPS) is 18.2. The van der Waals surface area contributed by atoms with E-state index >= 15 is 0 Å². The molecule has 5 heteroatoms. The molecule has 0 atom stereocenters. The molecule has 0 spiro atoms. The summed E-state index contributed by atoms with van der Waals surface area (Å²) in [6.45, 7) is 0. The second-order valence-electron chi connectivity index (χ2n) is 4.63. The molecule has 0 saturated heterocycles. The molecule has 1 aromatic rings. The summed E-state index contributed by atoms with van der Waals surface area (Å²) < 4.78 is 38.4. The van der Waals surface area contributed by atoms with E-state index in [-0.39, 0.29) is 5.56 Å². The van der Waals surface area contributed by atoms with Gasteiger partial charge in [-0.1, -0.05) is 25.0 Å². The van der Waals surface area contributed by atoms with Crippen molar-refractivity contribution in [3.05, 3.63) is 35.1 Å². The molecule has 0 unspecified atom stereocenters. The number of aliphatic carboxylic acids is 1. The Morgan fingerprint density at radius 1 is 1.28 bits per heavy atom. The van der Waals surface area contributed by atoms with Crippen LogP contribution < -0.4 is 0 Å². The third-order valence-corrected chi connectivity index (χ3v) is 3.65. The van der Waals surface area contributed by atoms with Crippen LogP contribution in [0.25, 0.3) is 0 Å². The van der Waals surface area contributed by atoms with Crippen LogP contribution in [0, 0.1) is 5.82 Å². The number of hydrogen-bond donors (Lipinski definition) is 1. The van der Waals surface area contributed by atoms with Crippen LogP contribution >= 0.6 is 0 Å². The Labute approximate surface area is 102 Å². The van der Waals surface area contributed by atoms with Gasteiger partial charge >= 0.3 is 5.97 Å². The lowest BCUT2D eigenvalue weighted by molar-refractivity contribution is -0.143. The smallest absolute Gasteiger partial charge is 0.314 e. The van der Waals surface area contributed by atoms with Gasteiger partial charge in [-0.05, 0) is 24.5 Å². The van der Waals surface area contributed by atoms with Gasteiger partial charge in [-0.15, -0.1) is 0 Å². The van der Waals surface area contributed by atoms with Gasteiger partial charge in [0.25, 0.3) is 6.43 Å². The van der Waals surface area contributed by atoms with Gasteiger partial charge in [0.1, 0.15) is 5.82 Å². The number of benzene rings is 1. The largest absolute Gasteiger partial charge is 0.481 e. The standard InChI is InChI=1S/C13H13F3O2/c14-10-7-8(3-4-9(10)11(15)16)13(12(17)18)5-1-2-6-13/h3-4,7,11H,1-2,5-6H2,(H,17,18). The van der Waals surface area contributed by atoms with E-state index in [9.17, 15) is 23.1 Å². The lowest BCUT2D eigenvalue weighted by Gasteiger charge is -2.24. The second kappa shape index (κ2) is 4.63. The summed E-state index contributed by atoms with van der Waals surface area (Å²) in [6.07, 6.45) is -0.524. The molecule has 1 aliphatic carbocycles. The number of carbonyl (C=O) groups is 1. The van der Waals surface area contributed by atoms with Crippen molar-refractivity contribution in [1.29, 1.82) is 0 Å². The molecule has 0 radical (unpaired) electrons. The van der Waals surface area contributed by atoms with E-state index in [0.717, 1.165) is 25.0 Å². The molecule has 2 rings (SSSR count). The van der Waals surface area contributed by atoms with Crippen LogP contribution in [0.2, 0.25) is 0 Å². The highest BCUT2D eigenvalue weighted by Gasteiger charge is 2.43. The molecule has 18 heavy (non-hydrogen) atoms. The van der Waals surface area contributed by atoms with Crippen molar-refractivity contribution in [3.8, 4) is 0 Å². The van der Waals surface area contributed by atoms with Crippen LogP contribution in [0.5, 0.6) is 0 Å². The summed E-state index contributed by atoms with van der Waals surface area (Å²) >= 11 is 0. The van der Waals surface area contributed by atoms with Crippen LogP contribution in [0.3, 0.4) is 0 Å². The molecule has 0 bridgehead atoms. The topological polar surface area (TPSA) is 37.3 Å². The fourth-order valence-electron chi connectivity index (χ4n) is 2.61. The fourth-order valence-corrected chi connectivity index (χ4v) is 2.61. The average Bonchev–Trinajstić information content (AvgIpc) is 2.78. The molecule has 1 aliphatic rings. The van der Waals surface area contributed by atoms with E-state index in [0.29, 0.717) is 12.8 Å². The fraction of sp³-hybridized carbons (Fsp3) is 0.462. The van der Waals surface area contributed by atoms with E-state index in [1.165, 1.54) is 6.07 Å². The van der Waals surface area contributed by atoms with Crippen molar-refractivity contribution in [2.24, 2.45) is 0 Å². The van der Waals surface area contributed by atoms with Crippen LogP contribution in [0.4, 0.5) is 13.2 Å². The van der Waals surface area contributed by atoms with E-state index in [4.69, 9.17) is 0 Å². The van der Waals surface area contributed by atoms with Crippen LogP contribution in [0.15, 0.2) is 18.2 Å². The van der Waals surface area contributed by atoms with Gasteiger partial charge in [-0.2, -0.15) is 0 Å². The van der Waals surface area contributed by atoms with Crippen LogP contribution in [0.1, 0.15) is 43.2 Å². The van der Waals surface area contributed by atoms with Gasteiger partial charge in [0, 0.05) is 0 Å². The maximum Gasteiger partial charge on any atom is 0.314 e. The Morgan fingerprint density at radius 2 is 1.89 bits per heavy atom. The maximum atomic E-state index is 13.5. The minimum absolute atomic E-state index is 0.286. The predicted molar refractivity (Wildman–Crippen MR) is 59.1 cm³/mol. The van der Waals surface area contributed by atoms with Crippen molar-refractivity contribution in [3.63, 3.8) is 0 Å². The highest BCUT2D eigenvalue weighted by atomic mass is 19.3. The summed E-state index contributed by atoms with van der Waals surface area (Å²) in [4.78, 5) is 11.4. The van der Waals surface area contributed by atoms with Gasteiger partial charge in [0.2, 0.25) is 0 Å². The van der Waals surface area contributed by atoms with E-state index in [1.807, 2.05) is 0 Å². The summed E-state index contributed by atoms with van der Waals surface area (Å²) in [5, 5.41) is 9.32. The molecule has 1 aromatic carbocycles. The number of hydrogen-bond acceptors (Lipinski definition) is 1. The van der Waals surface area contributed by atoms with Crippen LogP contribution in [-0.4, -0.2) is 11.1 Å². The Hall–Kier alpha value is -1.52. The van der Waals surface area contributed by atoms with E-state index in [1.54, 1.807) is 0 Å². The van der Waals surface area contributed by atoms with Crippen molar-refractivity contribution in [2.45, 2.75) is 37.5 Å². The monoisotopic (exact) mass is 258 g/mol. The zero-order chi connectivity index (χ0) is 13.3. The molecule has 0 aromatic heterocycles. The molecule has 0 heterocycles. The summed E-state index contributed by atoms with van der Waals surface area (Å²) in [6, 6.07) is 3.24. The first-order valence-electron chi connectivity index (χ1n) is 5.79. The van der Waals surface area contributed by atoms with Crippen molar-refractivity contribution >= 4 is 5.97 Å². The van der Waals surface area contributed by atoms with Crippen molar-refractivity contribution < 1.29 is 23.1 Å². The quantitative estimate of drug-likeness (QED) is 0.898. The Bertz CT molecular complexity index is 465. The molecular weight excluding hydrogens is 245 g/mol. The number of carboxylic acids is 1. The summed E-state index contributed by atoms with van der Waals surface area (Å²) in [5.74, 6) is -2.04. The zero-order valence-corrected chi connectivity index (χ0v) is 9.63. The number of halogens is 3. The third kappa shape index (κ3) is 1.98. The lowest BCUT2D eigenvalue weighted by atomic mass is 9.78. The molecule has 1 N–H and O–H groups in total. The zero-order valence-electron chi connectivity index (χ0n) is 9.63. The first kappa shape index (κ1) is 12.9. The first-order valence-corrected chi connectivity index (χ1v) is 5.79. The summed E-state index contributed by atoms with van der Waals surface area (Å²) in [5.41, 5.74) is -1.51. The molecule has 1 saturated carbocycles. The van der Waals surface area contributed by atoms with Gasteiger partial charge in [0.15, 0.2) is 0 Å². The summed E-state index contributed by atoms with van der Waals surface area (Å²) in [7, 11) is 0. The molecular formula is C13H13F3O2. The second-order valence-corrected chi connectivity index (χ2v) is 4.63.